The van der Waals surface area contributed by atoms with E-state index >= 15 is 0 Å². The third-order valence-electron chi connectivity index (χ3n) is 5.96. The molecule has 0 spiro atoms. The van der Waals surface area contributed by atoms with E-state index in [1.54, 1.807) is 25.1 Å². The van der Waals surface area contributed by atoms with Crippen molar-refractivity contribution in [2.75, 3.05) is 25.4 Å². The normalized spacial score (nSPS) is 15.8. The van der Waals surface area contributed by atoms with Crippen LogP contribution < -0.4 is 5.56 Å². The van der Waals surface area contributed by atoms with Gasteiger partial charge < -0.3 is 14.4 Å². The van der Waals surface area contributed by atoms with Crippen LogP contribution in [-0.2, 0) is 27.7 Å². The molecule has 1 aromatic carbocycles. The van der Waals surface area contributed by atoms with Crippen molar-refractivity contribution in [1.82, 2.24) is 13.9 Å². The van der Waals surface area contributed by atoms with Crippen molar-refractivity contribution in [3.8, 4) is 5.75 Å². The molecule has 0 aliphatic carbocycles. The zero-order chi connectivity index (χ0) is 25.2. The van der Waals surface area contributed by atoms with Crippen LogP contribution in [0.15, 0.2) is 41.3 Å². The van der Waals surface area contributed by atoms with E-state index in [1.165, 1.54) is 27.2 Å². The highest BCUT2D eigenvalue weighted by Gasteiger charge is 2.28. The summed E-state index contributed by atoms with van der Waals surface area (Å²) in [7, 11) is -3.42. The Balaban J connectivity index is 1.79. The first-order chi connectivity index (χ1) is 16.7. The van der Waals surface area contributed by atoms with Crippen LogP contribution in [0.4, 0.5) is 4.39 Å². The molecule has 0 amide bonds. The molecule has 4 rings (SSSR count). The largest absolute Gasteiger partial charge is 0.505 e. The molecule has 3 aromatic rings. The van der Waals surface area contributed by atoms with Crippen molar-refractivity contribution >= 4 is 27.0 Å². The lowest BCUT2D eigenvalue weighted by Gasteiger charge is -2.26. The maximum atomic E-state index is 13.3. The Morgan fingerprint density at radius 1 is 1.17 bits per heavy atom. The maximum Gasteiger partial charge on any atom is 0.347 e. The maximum absolute atomic E-state index is 13.3. The third-order valence-corrected chi connectivity index (χ3v) is 7.92. The molecular formula is C24H26FN3O6S. The second-order valence-electron chi connectivity index (χ2n) is 8.34. The van der Waals surface area contributed by atoms with Crippen molar-refractivity contribution in [2.45, 2.75) is 32.7 Å². The molecule has 186 valence electrons. The molecule has 2 aromatic heterocycles. The third kappa shape index (κ3) is 5.20. The summed E-state index contributed by atoms with van der Waals surface area (Å²) < 4.78 is 45.7. The zero-order valence-electron chi connectivity index (χ0n) is 19.2. The van der Waals surface area contributed by atoms with Crippen molar-refractivity contribution in [3.05, 3.63) is 69.4 Å². The second-order valence-corrected chi connectivity index (χ2v) is 10.4. The van der Waals surface area contributed by atoms with Crippen LogP contribution in [0, 0.1) is 5.82 Å². The summed E-state index contributed by atoms with van der Waals surface area (Å²) in [4.78, 5) is 30.1. The quantitative estimate of drug-likeness (QED) is 0.492. The number of rotatable bonds is 7. The van der Waals surface area contributed by atoms with Gasteiger partial charge in [0, 0.05) is 25.8 Å². The van der Waals surface area contributed by atoms with E-state index in [2.05, 4.69) is 4.98 Å². The molecule has 1 saturated heterocycles. The van der Waals surface area contributed by atoms with Gasteiger partial charge in [0.25, 0.3) is 5.56 Å². The molecule has 3 heterocycles. The Hall–Kier alpha value is -3.31. The van der Waals surface area contributed by atoms with Gasteiger partial charge in [-0.1, -0.05) is 12.1 Å². The fourth-order valence-corrected chi connectivity index (χ4v) is 5.79. The molecule has 1 N–H and O–H groups in total. The summed E-state index contributed by atoms with van der Waals surface area (Å²) in [5.74, 6) is -1.87. The number of pyridine rings is 2. The van der Waals surface area contributed by atoms with Gasteiger partial charge in [0.1, 0.15) is 11.3 Å². The Labute approximate surface area is 201 Å². The van der Waals surface area contributed by atoms with Crippen LogP contribution >= 0.6 is 0 Å². The monoisotopic (exact) mass is 503 g/mol. The topological polar surface area (TPSA) is 119 Å². The van der Waals surface area contributed by atoms with Crippen molar-refractivity contribution in [3.63, 3.8) is 0 Å². The zero-order valence-corrected chi connectivity index (χ0v) is 20.1. The van der Waals surface area contributed by atoms with Crippen molar-refractivity contribution in [1.29, 1.82) is 0 Å². The van der Waals surface area contributed by atoms with E-state index in [9.17, 15) is 27.5 Å². The van der Waals surface area contributed by atoms with Gasteiger partial charge in [-0.3, -0.25) is 9.78 Å². The van der Waals surface area contributed by atoms with E-state index < -0.39 is 32.9 Å². The van der Waals surface area contributed by atoms with Crippen LogP contribution in [0.3, 0.4) is 0 Å². The van der Waals surface area contributed by atoms with E-state index in [-0.39, 0.29) is 42.3 Å². The van der Waals surface area contributed by atoms with Gasteiger partial charge in [-0.25, -0.2) is 21.9 Å². The number of ether oxygens (including phenoxy) is 1. The number of hydrogen-bond donors (Lipinski definition) is 1. The first kappa shape index (κ1) is 24.8. The van der Waals surface area contributed by atoms with Gasteiger partial charge in [-0.2, -0.15) is 0 Å². The molecule has 0 saturated carbocycles. The minimum Gasteiger partial charge on any atom is -0.505 e. The van der Waals surface area contributed by atoms with E-state index in [0.717, 1.165) is 12.0 Å². The van der Waals surface area contributed by atoms with Gasteiger partial charge in [-0.15, -0.1) is 0 Å². The lowest BCUT2D eigenvalue weighted by Crippen LogP contribution is -2.41. The number of nitrogens with zero attached hydrogens (tertiary/aromatic N) is 3. The molecule has 1 fully saturated rings. The number of aromatic nitrogens is 2. The van der Waals surface area contributed by atoms with Crippen LogP contribution in [0.5, 0.6) is 5.75 Å². The Bertz CT molecular complexity index is 1420. The minimum absolute atomic E-state index is 0.00576. The number of esters is 1. The summed E-state index contributed by atoms with van der Waals surface area (Å²) in [6, 6.07) is 7.61. The number of fused-ring (bicyclic) bond motifs is 1. The van der Waals surface area contributed by atoms with Gasteiger partial charge in [0.15, 0.2) is 11.3 Å². The predicted octanol–water partition coefficient (Wildman–Crippen LogP) is 2.43. The predicted molar refractivity (Wildman–Crippen MR) is 127 cm³/mol. The lowest BCUT2D eigenvalue weighted by molar-refractivity contribution is 0.0520. The van der Waals surface area contributed by atoms with Gasteiger partial charge in [-0.05, 0) is 55.5 Å². The molecule has 0 atom stereocenters. The van der Waals surface area contributed by atoms with Crippen LogP contribution in [0.1, 0.15) is 41.3 Å². The smallest absolute Gasteiger partial charge is 0.347 e. The van der Waals surface area contributed by atoms with Gasteiger partial charge >= 0.3 is 5.97 Å². The van der Waals surface area contributed by atoms with Gasteiger partial charge in [0.2, 0.25) is 10.0 Å². The molecule has 11 heteroatoms. The Kier molecular flexibility index (Phi) is 7.18. The minimum atomic E-state index is -3.42. The second kappa shape index (κ2) is 10.1. The average molecular weight is 504 g/mol. The summed E-state index contributed by atoms with van der Waals surface area (Å²) in [5.41, 5.74) is 0.453. The van der Waals surface area contributed by atoms with E-state index in [0.29, 0.717) is 24.9 Å². The first-order valence-corrected chi connectivity index (χ1v) is 13.0. The summed E-state index contributed by atoms with van der Waals surface area (Å²) in [6.07, 6.45) is 3.20. The molecule has 0 bridgehead atoms. The number of sulfonamides is 1. The standard InChI is InChI=1S/C24H26FN3O6S/c1-2-34-24(31)20-22(29)21-19(14-17(15-26-21)13-16-5-7-18(25)8-6-16)28(23(20)30)11-10-27-9-3-4-12-35(27,32)33/h5-8,14-15,29H,2-4,9-13H2,1H3. The molecule has 0 radical (unpaired) electrons. The fourth-order valence-electron chi connectivity index (χ4n) is 4.19. The van der Waals surface area contributed by atoms with Crippen molar-refractivity contribution < 1.29 is 27.4 Å². The first-order valence-electron chi connectivity index (χ1n) is 11.3. The van der Waals surface area contributed by atoms with Crippen LogP contribution in [0.2, 0.25) is 0 Å². The SMILES string of the molecule is CCOC(=O)c1c(O)c2ncc(Cc3ccc(F)cc3)cc2n(CCN2CCCCS2(=O)=O)c1=O. The molecule has 1 aliphatic rings. The molecule has 0 unspecified atom stereocenters. The highest BCUT2D eigenvalue weighted by Crippen LogP contribution is 2.27. The average Bonchev–Trinajstić information content (AvgIpc) is 2.81. The van der Waals surface area contributed by atoms with Crippen LogP contribution in [0.25, 0.3) is 11.0 Å². The number of aromatic hydroxyl groups is 1. The fraction of sp³-hybridized carbons (Fsp3) is 0.375. The lowest BCUT2D eigenvalue weighted by atomic mass is 10.1. The Morgan fingerprint density at radius 2 is 1.91 bits per heavy atom. The molecule has 9 nitrogen and oxygen atoms in total. The summed E-state index contributed by atoms with van der Waals surface area (Å²) in [5, 5.41) is 10.7. The number of benzene rings is 1. The molecule has 1 aliphatic heterocycles. The number of hydrogen-bond acceptors (Lipinski definition) is 7. The number of carbonyl (C=O) groups excluding carboxylic acids is 1. The molecule has 35 heavy (non-hydrogen) atoms. The van der Waals surface area contributed by atoms with E-state index in [1.807, 2.05) is 0 Å². The number of halogens is 1. The Morgan fingerprint density at radius 3 is 2.60 bits per heavy atom. The van der Waals surface area contributed by atoms with Gasteiger partial charge in [0.05, 0.1) is 17.9 Å². The number of carbonyl (C=O) groups is 1. The highest BCUT2D eigenvalue weighted by molar-refractivity contribution is 7.89. The van der Waals surface area contributed by atoms with Crippen molar-refractivity contribution in [2.24, 2.45) is 0 Å². The van der Waals surface area contributed by atoms with E-state index in [4.69, 9.17) is 4.74 Å². The van der Waals surface area contributed by atoms with Crippen LogP contribution in [-0.4, -0.2) is 58.8 Å². The highest BCUT2D eigenvalue weighted by atomic mass is 32.2. The summed E-state index contributed by atoms with van der Waals surface area (Å²) >= 11 is 0. The summed E-state index contributed by atoms with van der Waals surface area (Å²) in [6.45, 7) is 1.93. The molecular weight excluding hydrogens is 477 g/mol.